The Balaban J connectivity index is 1.62. The second-order valence-corrected chi connectivity index (χ2v) is 9.90. The summed E-state index contributed by atoms with van der Waals surface area (Å²) in [5.74, 6) is 0.410. The molecule has 4 nitrogen and oxygen atoms in total. The topological polar surface area (TPSA) is 38.8 Å². The molecule has 3 aromatic rings. The van der Waals surface area contributed by atoms with Gasteiger partial charge in [-0.1, -0.05) is 69.7 Å². The molecule has 33 heavy (non-hydrogen) atoms. The summed E-state index contributed by atoms with van der Waals surface area (Å²) in [6.45, 7) is 0.0560. The van der Waals surface area contributed by atoms with Crippen molar-refractivity contribution in [1.82, 2.24) is 0 Å². The SMILES string of the molecule is COc1ccc(N2C(=O)/C(=C/c3cc(Br)ccc3OCc3ccccc3F)SC2=S)cc1Cl. The second-order valence-electron chi connectivity index (χ2n) is 6.90. The first-order valence-electron chi connectivity index (χ1n) is 9.64. The van der Waals surface area contributed by atoms with Crippen molar-refractivity contribution in [1.29, 1.82) is 0 Å². The number of hydrogen-bond donors (Lipinski definition) is 0. The van der Waals surface area contributed by atoms with Crippen molar-refractivity contribution in [3.8, 4) is 11.5 Å². The first-order chi connectivity index (χ1) is 15.9. The van der Waals surface area contributed by atoms with Crippen molar-refractivity contribution in [2.75, 3.05) is 12.0 Å². The van der Waals surface area contributed by atoms with E-state index in [4.69, 9.17) is 33.3 Å². The molecule has 3 aromatic carbocycles. The monoisotopic (exact) mass is 563 g/mol. The molecule has 9 heteroatoms. The normalized spacial score (nSPS) is 14.8. The Morgan fingerprint density at radius 2 is 1.91 bits per heavy atom. The van der Waals surface area contributed by atoms with Gasteiger partial charge in [0.25, 0.3) is 5.91 Å². The van der Waals surface area contributed by atoms with E-state index in [0.29, 0.717) is 42.6 Å². The van der Waals surface area contributed by atoms with Gasteiger partial charge < -0.3 is 9.47 Å². The van der Waals surface area contributed by atoms with Crippen molar-refractivity contribution in [3.05, 3.63) is 92.0 Å². The first-order valence-corrected chi connectivity index (χ1v) is 12.0. The third-order valence-electron chi connectivity index (χ3n) is 4.79. The van der Waals surface area contributed by atoms with E-state index in [-0.39, 0.29) is 18.3 Å². The summed E-state index contributed by atoms with van der Waals surface area (Å²) in [6, 6.07) is 16.9. The van der Waals surface area contributed by atoms with Crippen LogP contribution in [0.1, 0.15) is 11.1 Å². The number of carbonyl (C=O) groups is 1. The first kappa shape index (κ1) is 23.8. The van der Waals surface area contributed by atoms with E-state index < -0.39 is 0 Å². The van der Waals surface area contributed by atoms with E-state index in [1.165, 1.54) is 29.8 Å². The molecule has 168 valence electrons. The Morgan fingerprint density at radius 1 is 1.15 bits per heavy atom. The van der Waals surface area contributed by atoms with Gasteiger partial charge in [0.05, 0.1) is 22.7 Å². The van der Waals surface area contributed by atoms with Crippen LogP contribution in [0.3, 0.4) is 0 Å². The predicted octanol–water partition coefficient (Wildman–Crippen LogP) is 7.24. The number of hydrogen-bond acceptors (Lipinski definition) is 5. The number of benzene rings is 3. The van der Waals surface area contributed by atoms with Crippen LogP contribution in [0.2, 0.25) is 5.02 Å². The molecule has 1 aliphatic rings. The molecule has 0 aromatic heterocycles. The molecule has 0 saturated carbocycles. The lowest BCUT2D eigenvalue weighted by Crippen LogP contribution is -2.27. The van der Waals surface area contributed by atoms with Crippen molar-refractivity contribution in [3.63, 3.8) is 0 Å². The molecule has 1 aliphatic heterocycles. The lowest BCUT2D eigenvalue weighted by molar-refractivity contribution is -0.113. The summed E-state index contributed by atoms with van der Waals surface area (Å²) in [6.07, 6.45) is 1.71. The molecule has 4 rings (SSSR count). The van der Waals surface area contributed by atoms with Gasteiger partial charge >= 0.3 is 0 Å². The van der Waals surface area contributed by atoms with Crippen LogP contribution >= 0.6 is 51.5 Å². The van der Waals surface area contributed by atoms with Gasteiger partial charge in [-0.3, -0.25) is 9.69 Å². The minimum Gasteiger partial charge on any atom is -0.495 e. The molecule has 1 saturated heterocycles. The highest BCUT2D eigenvalue weighted by atomic mass is 79.9. The Morgan fingerprint density at radius 3 is 2.64 bits per heavy atom. The van der Waals surface area contributed by atoms with Crippen LogP contribution in [0.15, 0.2) is 70.0 Å². The number of thioether (sulfide) groups is 1. The van der Waals surface area contributed by atoms with E-state index in [1.807, 2.05) is 12.1 Å². The number of carbonyl (C=O) groups excluding carboxylic acids is 1. The smallest absolute Gasteiger partial charge is 0.270 e. The van der Waals surface area contributed by atoms with Crippen LogP contribution in [0.4, 0.5) is 10.1 Å². The fourth-order valence-corrected chi connectivity index (χ4v) is 5.08. The molecule has 1 heterocycles. The van der Waals surface area contributed by atoms with Gasteiger partial charge in [-0.15, -0.1) is 0 Å². The molecule has 0 bridgehead atoms. The molecule has 1 fully saturated rings. The van der Waals surface area contributed by atoms with Crippen LogP contribution < -0.4 is 14.4 Å². The van der Waals surface area contributed by atoms with E-state index in [1.54, 1.807) is 48.5 Å². The Bertz CT molecular complexity index is 1280. The van der Waals surface area contributed by atoms with Gasteiger partial charge in [-0.2, -0.15) is 0 Å². The van der Waals surface area contributed by atoms with Gasteiger partial charge in [0, 0.05) is 15.6 Å². The van der Waals surface area contributed by atoms with E-state index in [2.05, 4.69) is 15.9 Å². The van der Waals surface area contributed by atoms with Crippen LogP contribution in [0.5, 0.6) is 11.5 Å². The lowest BCUT2D eigenvalue weighted by Gasteiger charge is -2.15. The molecule has 0 unspecified atom stereocenters. The quantitative estimate of drug-likeness (QED) is 0.233. The van der Waals surface area contributed by atoms with Crippen LogP contribution in [-0.4, -0.2) is 17.3 Å². The summed E-state index contributed by atoms with van der Waals surface area (Å²) in [5, 5.41) is 0.379. The van der Waals surface area contributed by atoms with Crippen molar-refractivity contribution < 1.29 is 18.7 Å². The number of amides is 1. The summed E-state index contributed by atoms with van der Waals surface area (Å²) in [5.41, 5.74) is 1.65. The van der Waals surface area contributed by atoms with Crippen LogP contribution in [0.25, 0.3) is 6.08 Å². The van der Waals surface area contributed by atoms with Gasteiger partial charge in [-0.25, -0.2) is 4.39 Å². The van der Waals surface area contributed by atoms with E-state index in [9.17, 15) is 9.18 Å². The number of thiocarbonyl (C=S) groups is 1. The number of rotatable bonds is 6. The predicted molar refractivity (Wildman–Crippen MR) is 139 cm³/mol. The average Bonchev–Trinajstić information content (AvgIpc) is 3.07. The minimum absolute atomic E-state index is 0.0560. The molecular formula is C24H16BrClFNO3S2. The zero-order chi connectivity index (χ0) is 23.5. The molecule has 1 amide bonds. The molecule has 0 aliphatic carbocycles. The molecule has 0 radical (unpaired) electrons. The van der Waals surface area contributed by atoms with Gasteiger partial charge in [0.1, 0.15) is 23.9 Å². The standard InChI is InChI=1S/C24H16BrClFNO3S2/c1-30-21-9-7-17(12-18(21)26)28-23(29)22(33-24(28)32)11-15-10-16(25)6-8-20(15)31-13-14-4-2-3-5-19(14)27/h2-12H,13H2,1H3/b22-11-. The summed E-state index contributed by atoms with van der Waals surface area (Å²) in [7, 11) is 1.52. The van der Waals surface area contributed by atoms with Crippen molar-refractivity contribution in [2.45, 2.75) is 6.61 Å². The lowest BCUT2D eigenvalue weighted by atomic mass is 10.1. The minimum atomic E-state index is -0.338. The second kappa shape index (κ2) is 10.3. The zero-order valence-corrected chi connectivity index (χ0v) is 21.2. The third-order valence-corrected chi connectivity index (χ3v) is 6.88. The van der Waals surface area contributed by atoms with E-state index in [0.717, 1.165) is 4.47 Å². The number of nitrogens with zero attached hydrogens (tertiary/aromatic N) is 1. The maximum absolute atomic E-state index is 14.0. The number of ether oxygens (including phenoxy) is 2. The molecule has 0 N–H and O–H groups in total. The average molecular weight is 565 g/mol. The number of halogens is 3. The van der Waals surface area contributed by atoms with Gasteiger partial charge in [-0.05, 0) is 48.5 Å². The van der Waals surface area contributed by atoms with Gasteiger partial charge in [0.15, 0.2) is 4.32 Å². The Labute approximate surface area is 213 Å². The number of anilines is 1. The van der Waals surface area contributed by atoms with Crippen molar-refractivity contribution >= 4 is 73.5 Å². The summed E-state index contributed by atoms with van der Waals surface area (Å²) in [4.78, 5) is 15.0. The highest BCUT2D eigenvalue weighted by Crippen LogP contribution is 2.39. The maximum atomic E-state index is 14.0. The van der Waals surface area contributed by atoms with Crippen LogP contribution in [0, 0.1) is 5.82 Å². The largest absolute Gasteiger partial charge is 0.495 e. The molecule has 0 atom stereocenters. The zero-order valence-electron chi connectivity index (χ0n) is 17.2. The Kier molecular flexibility index (Phi) is 7.38. The van der Waals surface area contributed by atoms with E-state index >= 15 is 0 Å². The fraction of sp³-hybridized carbons (Fsp3) is 0.0833. The van der Waals surface area contributed by atoms with Gasteiger partial charge in [0.2, 0.25) is 0 Å². The Hall–Kier alpha value is -2.39. The highest BCUT2D eigenvalue weighted by Gasteiger charge is 2.34. The van der Waals surface area contributed by atoms with Crippen LogP contribution in [-0.2, 0) is 11.4 Å². The molecular weight excluding hydrogens is 549 g/mol. The summed E-state index contributed by atoms with van der Waals surface area (Å²) < 4.78 is 26.2. The number of methoxy groups -OCH3 is 1. The third kappa shape index (κ3) is 5.24. The molecule has 0 spiro atoms. The highest BCUT2D eigenvalue weighted by molar-refractivity contribution is 9.10. The maximum Gasteiger partial charge on any atom is 0.270 e. The fourth-order valence-electron chi connectivity index (χ4n) is 3.16. The van der Waals surface area contributed by atoms with Crippen molar-refractivity contribution in [2.24, 2.45) is 0 Å². The summed E-state index contributed by atoms with van der Waals surface area (Å²) >= 11 is 16.3.